The van der Waals surface area contributed by atoms with Gasteiger partial charge in [0.25, 0.3) is 0 Å². The first-order chi connectivity index (χ1) is 34.5. The van der Waals surface area contributed by atoms with Crippen LogP contribution in [0.5, 0.6) is 0 Å². The van der Waals surface area contributed by atoms with Gasteiger partial charge in [0.15, 0.2) is 6.10 Å². The summed E-state index contributed by atoms with van der Waals surface area (Å²) in [5, 5.41) is 0. The predicted octanol–water partition coefficient (Wildman–Crippen LogP) is 20.2. The number of carbonyl (C=O) groups is 3. The maximum absolute atomic E-state index is 12.9. The zero-order chi connectivity index (χ0) is 50.7. The number of allylic oxidation sites excluding steroid dienone is 12. The molecule has 0 aromatic carbocycles. The van der Waals surface area contributed by atoms with Gasteiger partial charge in [0.1, 0.15) is 13.2 Å². The van der Waals surface area contributed by atoms with E-state index in [0.717, 1.165) is 96.3 Å². The van der Waals surface area contributed by atoms with Gasteiger partial charge in [-0.05, 0) is 109 Å². The number of ether oxygens (including phenoxy) is 3. The van der Waals surface area contributed by atoms with Crippen LogP contribution in [0, 0.1) is 0 Å². The SMILES string of the molecule is CCCC/C=C\C/C=C\CCCCCCCC(=O)OC[C@H](COC(=O)CCCCCCCC/C=C\C/C=C\C/C=C\CCCCC)OC(=O)CCCCCCCCC/C=C\CCCCCCCCCC. The van der Waals surface area contributed by atoms with Crippen molar-refractivity contribution in [1.29, 1.82) is 0 Å². The van der Waals surface area contributed by atoms with Crippen molar-refractivity contribution in [2.24, 2.45) is 0 Å². The van der Waals surface area contributed by atoms with Crippen LogP contribution in [-0.2, 0) is 28.6 Å². The van der Waals surface area contributed by atoms with Crippen LogP contribution in [-0.4, -0.2) is 37.2 Å². The van der Waals surface area contributed by atoms with Crippen LogP contribution < -0.4 is 0 Å². The molecule has 0 N–H and O–H groups in total. The molecule has 0 spiro atoms. The van der Waals surface area contributed by atoms with E-state index >= 15 is 0 Å². The smallest absolute Gasteiger partial charge is 0.306 e. The van der Waals surface area contributed by atoms with E-state index in [9.17, 15) is 14.4 Å². The molecule has 0 amide bonds. The zero-order valence-corrected chi connectivity index (χ0v) is 46.3. The molecule has 0 aromatic heterocycles. The van der Waals surface area contributed by atoms with Crippen molar-refractivity contribution in [3.8, 4) is 0 Å². The van der Waals surface area contributed by atoms with E-state index < -0.39 is 6.10 Å². The van der Waals surface area contributed by atoms with E-state index in [2.05, 4.69) is 93.7 Å². The maximum atomic E-state index is 12.9. The van der Waals surface area contributed by atoms with Crippen LogP contribution in [0.2, 0.25) is 0 Å². The fourth-order valence-corrected chi connectivity index (χ4v) is 8.34. The van der Waals surface area contributed by atoms with Gasteiger partial charge >= 0.3 is 17.9 Å². The highest BCUT2D eigenvalue weighted by molar-refractivity contribution is 5.71. The van der Waals surface area contributed by atoms with Crippen LogP contribution in [0.15, 0.2) is 72.9 Å². The largest absolute Gasteiger partial charge is 0.462 e. The number of rotatable bonds is 54. The summed E-state index contributed by atoms with van der Waals surface area (Å²) >= 11 is 0. The molecule has 0 saturated carbocycles. The van der Waals surface area contributed by atoms with E-state index in [1.807, 2.05) is 0 Å². The molecule has 0 heterocycles. The minimum Gasteiger partial charge on any atom is -0.462 e. The highest BCUT2D eigenvalue weighted by atomic mass is 16.6. The summed E-state index contributed by atoms with van der Waals surface area (Å²) in [6.45, 7) is 6.57. The van der Waals surface area contributed by atoms with Gasteiger partial charge in [-0.3, -0.25) is 14.4 Å². The lowest BCUT2D eigenvalue weighted by molar-refractivity contribution is -0.167. The van der Waals surface area contributed by atoms with Gasteiger partial charge in [0.2, 0.25) is 0 Å². The molecule has 0 unspecified atom stereocenters. The van der Waals surface area contributed by atoms with Crippen molar-refractivity contribution < 1.29 is 28.6 Å². The number of hydrogen-bond acceptors (Lipinski definition) is 6. The van der Waals surface area contributed by atoms with Gasteiger partial charge < -0.3 is 14.2 Å². The molecule has 0 radical (unpaired) electrons. The quantitative estimate of drug-likeness (QED) is 0.0261. The Hall–Kier alpha value is -3.15. The summed E-state index contributed by atoms with van der Waals surface area (Å²) in [6, 6.07) is 0. The highest BCUT2D eigenvalue weighted by Gasteiger charge is 2.19. The fraction of sp³-hybridized carbons (Fsp3) is 0.766. The summed E-state index contributed by atoms with van der Waals surface area (Å²) in [6.07, 6.45) is 74.6. The molecule has 0 rings (SSSR count). The molecule has 1 atom stereocenters. The van der Waals surface area contributed by atoms with Gasteiger partial charge in [0, 0.05) is 19.3 Å². The van der Waals surface area contributed by atoms with Gasteiger partial charge in [-0.1, -0.05) is 241 Å². The molecule has 0 saturated heterocycles. The Labute approximate surface area is 433 Å². The lowest BCUT2D eigenvalue weighted by Gasteiger charge is -2.18. The first kappa shape index (κ1) is 66.9. The lowest BCUT2D eigenvalue weighted by atomic mass is 10.1. The average molecular weight is 978 g/mol. The van der Waals surface area contributed by atoms with Crippen molar-refractivity contribution in [2.45, 2.75) is 303 Å². The van der Waals surface area contributed by atoms with E-state index in [-0.39, 0.29) is 31.1 Å². The third kappa shape index (κ3) is 55.8. The van der Waals surface area contributed by atoms with Crippen LogP contribution in [0.3, 0.4) is 0 Å². The molecular formula is C64H112O6. The molecule has 0 aliphatic rings. The first-order valence-electron chi connectivity index (χ1n) is 29.9. The fourth-order valence-electron chi connectivity index (χ4n) is 8.34. The Morgan fingerprint density at radius 3 is 0.886 bits per heavy atom. The molecule has 0 aliphatic carbocycles. The zero-order valence-electron chi connectivity index (χ0n) is 46.3. The molecule has 6 nitrogen and oxygen atoms in total. The number of hydrogen-bond donors (Lipinski definition) is 0. The molecule has 0 aromatic rings. The molecule has 6 heteroatoms. The highest BCUT2D eigenvalue weighted by Crippen LogP contribution is 2.15. The Morgan fingerprint density at radius 1 is 0.286 bits per heavy atom. The van der Waals surface area contributed by atoms with Crippen molar-refractivity contribution in [2.75, 3.05) is 13.2 Å². The second kappa shape index (κ2) is 58.4. The summed E-state index contributed by atoms with van der Waals surface area (Å²) in [7, 11) is 0. The second-order valence-corrected chi connectivity index (χ2v) is 19.9. The maximum Gasteiger partial charge on any atom is 0.306 e. The van der Waals surface area contributed by atoms with Crippen LogP contribution in [0.1, 0.15) is 297 Å². The standard InChI is InChI=1S/C64H112O6/c1-4-7-10-13-16-19-22-25-28-30-32-34-36-39-42-45-48-51-54-57-63(66)69-60-61(59-68-62(65)56-53-50-47-44-41-38-27-24-21-18-15-12-9-6-3)70-64(67)58-55-52-49-46-43-40-37-35-33-31-29-26-23-20-17-14-11-8-5-2/h15-16,18-19,24-25,27-28,31-34,61H,4-14,17,20-23,26,29-30,35-60H2,1-3H3/b18-15-,19-16-,27-24-,28-25-,33-31-,34-32-/t61-/m1/s1. The molecular weight excluding hydrogens is 865 g/mol. The average Bonchev–Trinajstić information content (AvgIpc) is 3.36. The first-order valence-corrected chi connectivity index (χ1v) is 29.9. The van der Waals surface area contributed by atoms with Crippen molar-refractivity contribution >= 4 is 17.9 Å². The van der Waals surface area contributed by atoms with Gasteiger partial charge in [-0.15, -0.1) is 0 Å². The van der Waals surface area contributed by atoms with Crippen LogP contribution in [0.4, 0.5) is 0 Å². The summed E-state index contributed by atoms with van der Waals surface area (Å²) in [5.41, 5.74) is 0. The van der Waals surface area contributed by atoms with Crippen molar-refractivity contribution in [3.63, 3.8) is 0 Å². The molecule has 0 bridgehead atoms. The minimum absolute atomic E-state index is 0.0880. The van der Waals surface area contributed by atoms with E-state index in [4.69, 9.17) is 14.2 Å². The van der Waals surface area contributed by atoms with Crippen molar-refractivity contribution in [3.05, 3.63) is 72.9 Å². The second-order valence-electron chi connectivity index (χ2n) is 19.9. The minimum atomic E-state index is -0.790. The third-order valence-electron chi connectivity index (χ3n) is 12.9. The van der Waals surface area contributed by atoms with Crippen LogP contribution >= 0.6 is 0 Å². The number of esters is 3. The van der Waals surface area contributed by atoms with E-state index in [1.54, 1.807) is 0 Å². The van der Waals surface area contributed by atoms with Gasteiger partial charge in [0.05, 0.1) is 0 Å². The Bertz CT molecular complexity index is 1310. The van der Waals surface area contributed by atoms with Gasteiger partial charge in [-0.2, -0.15) is 0 Å². The van der Waals surface area contributed by atoms with E-state index in [0.29, 0.717) is 19.3 Å². The summed E-state index contributed by atoms with van der Waals surface area (Å²) < 4.78 is 16.9. The molecule has 70 heavy (non-hydrogen) atoms. The van der Waals surface area contributed by atoms with Crippen molar-refractivity contribution in [1.82, 2.24) is 0 Å². The monoisotopic (exact) mass is 977 g/mol. The number of carbonyl (C=O) groups excluding carboxylic acids is 3. The molecule has 0 aliphatic heterocycles. The van der Waals surface area contributed by atoms with Crippen LogP contribution in [0.25, 0.3) is 0 Å². The molecule has 0 fully saturated rings. The molecule has 404 valence electrons. The Kier molecular flexibility index (Phi) is 55.8. The third-order valence-corrected chi connectivity index (χ3v) is 12.9. The normalized spacial score (nSPS) is 12.6. The summed E-state index contributed by atoms with van der Waals surface area (Å²) in [5.74, 6) is -0.908. The Balaban J connectivity index is 4.41. The number of unbranched alkanes of at least 4 members (excludes halogenated alkanes) is 31. The van der Waals surface area contributed by atoms with Gasteiger partial charge in [-0.25, -0.2) is 0 Å². The summed E-state index contributed by atoms with van der Waals surface area (Å²) in [4.78, 5) is 38.2. The Morgan fingerprint density at radius 2 is 0.529 bits per heavy atom. The topological polar surface area (TPSA) is 78.9 Å². The lowest BCUT2D eigenvalue weighted by Crippen LogP contribution is -2.30. The predicted molar refractivity (Wildman–Crippen MR) is 302 cm³/mol. The van der Waals surface area contributed by atoms with E-state index in [1.165, 1.54) is 161 Å².